The van der Waals surface area contributed by atoms with Gasteiger partial charge in [-0.15, -0.1) is 10.2 Å². The van der Waals surface area contributed by atoms with E-state index >= 15 is 0 Å². The Morgan fingerprint density at radius 2 is 2.31 bits per heavy atom. The quantitative estimate of drug-likeness (QED) is 0.728. The second kappa shape index (κ2) is 4.01. The summed E-state index contributed by atoms with van der Waals surface area (Å²) >= 11 is 0. The Morgan fingerprint density at radius 1 is 1.62 bits per heavy atom. The molecule has 0 aliphatic rings. The van der Waals surface area contributed by atoms with Crippen molar-refractivity contribution in [3.8, 4) is 6.07 Å². The molecule has 1 rings (SSSR count). The molecule has 0 radical (unpaired) electrons. The molecule has 1 N–H and O–H groups in total. The summed E-state index contributed by atoms with van der Waals surface area (Å²) in [4.78, 5) is 0. The Morgan fingerprint density at radius 3 is 2.77 bits per heavy atom. The first-order valence-corrected chi connectivity index (χ1v) is 4.14. The summed E-state index contributed by atoms with van der Waals surface area (Å²) in [5.74, 6) is 0.835. The highest BCUT2D eigenvalue weighted by atomic mass is 15.3. The normalized spacial score (nSPS) is 14.9. The van der Waals surface area contributed by atoms with Crippen LogP contribution >= 0.6 is 0 Å². The second-order valence-corrected chi connectivity index (χ2v) is 3.04. The third kappa shape index (κ3) is 2.26. The summed E-state index contributed by atoms with van der Waals surface area (Å²) in [7, 11) is 1.88. The lowest BCUT2D eigenvalue weighted by Crippen LogP contribution is -2.29. The predicted octanol–water partition coefficient (Wildman–Crippen LogP) is 0.378. The third-order valence-electron chi connectivity index (χ3n) is 1.83. The zero-order valence-electron chi connectivity index (χ0n) is 8.02. The minimum absolute atomic E-state index is 0.0437. The minimum atomic E-state index is -0.174. The van der Waals surface area contributed by atoms with Gasteiger partial charge in [-0.05, 0) is 13.8 Å². The first-order chi connectivity index (χ1) is 6.15. The van der Waals surface area contributed by atoms with Crippen LogP contribution in [0.3, 0.4) is 0 Å². The molecule has 0 bridgehead atoms. The lowest BCUT2D eigenvalue weighted by atomic mass is 10.2. The SMILES string of the molecule is CC(C#N)NC(C)c1nncn1C. The van der Waals surface area contributed by atoms with E-state index in [0.29, 0.717) is 0 Å². The van der Waals surface area contributed by atoms with Crippen molar-refractivity contribution >= 4 is 0 Å². The molecule has 70 valence electrons. The standard InChI is InChI=1S/C8H13N5/c1-6(4-9)11-7(2)8-12-10-5-13(8)3/h5-7,11H,1-3H3. The fourth-order valence-electron chi connectivity index (χ4n) is 1.17. The van der Waals surface area contributed by atoms with Gasteiger partial charge in [0, 0.05) is 7.05 Å². The predicted molar refractivity (Wildman–Crippen MR) is 47.6 cm³/mol. The Kier molecular flexibility index (Phi) is 2.98. The van der Waals surface area contributed by atoms with Crippen molar-refractivity contribution in [2.75, 3.05) is 0 Å². The molecule has 0 spiro atoms. The van der Waals surface area contributed by atoms with E-state index in [2.05, 4.69) is 21.6 Å². The second-order valence-electron chi connectivity index (χ2n) is 3.04. The van der Waals surface area contributed by atoms with Gasteiger partial charge in [-0.1, -0.05) is 0 Å². The van der Waals surface area contributed by atoms with Gasteiger partial charge < -0.3 is 4.57 Å². The molecule has 0 aliphatic carbocycles. The lowest BCUT2D eigenvalue weighted by Gasteiger charge is -2.13. The van der Waals surface area contributed by atoms with Crippen LogP contribution in [-0.4, -0.2) is 20.8 Å². The van der Waals surface area contributed by atoms with Crippen LogP contribution in [-0.2, 0) is 7.05 Å². The molecule has 13 heavy (non-hydrogen) atoms. The van der Waals surface area contributed by atoms with Crippen LogP contribution in [0.25, 0.3) is 0 Å². The Hall–Kier alpha value is -1.41. The van der Waals surface area contributed by atoms with Crippen molar-refractivity contribution in [3.63, 3.8) is 0 Å². The Balaban J connectivity index is 2.65. The van der Waals surface area contributed by atoms with Crippen LogP contribution in [0, 0.1) is 11.3 Å². The topological polar surface area (TPSA) is 66.5 Å². The zero-order valence-corrected chi connectivity index (χ0v) is 8.02. The van der Waals surface area contributed by atoms with Gasteiger partial charge in [0.25, 0.3) is 0 Å². The van der Waals surface area contributed by atoms with Crippen LogP contribution in [0.15, 0.2) is 6.33 Å². The smallest absolute Gasteiger partial charge is 0.149 e. The van der Waals surface area contributed by atoms with Crippen molar-refractivity contribution in [1.29, 1.82) is 5.26 Å². The van der Waals surface area contributed by atoms with Crippen molar-refractivity contribution < 1.29 is 0 Å². The first kappa shape index (κ1) is 9.68. The Bertz CT molecular complexity index is 311. The molecule has 5 nitrogen and oxygen atoms in total. The number of nitrogens with one attached hydrogen (secondary N) is 1. The van der Waals surface area contributed by atoms with E-state index in [1.165, 1.54) is 0 Å². The minimum Gasteiger partial charge on any atom is -0.319 e. The molecule has 1 aromatic rings. The van der Waals surface area contributed by atoms with Crippen molar-refractivity contribution in [1.82, 2.24) is 20.1 Å². The molecule has 1 heterocycles. The van der Waals surface area contributed by atoms with Crippen LogP contribution in [0.1, 0.15) is 25.7 Å². The summed E-state index contributed by atoms with van der Waals surface area (Å²) in [6.07, 6.45) is 1.64. The maximum absolute atomic E-state index is 8.60. The van der Waals surface area contributed by atoms with Gasteiger partial charge in [-0.3, -0.25) is 5.32 Å². The van der Waals surface area contributed by atoms with Crippen LogP contribution in [0.5, 0.6) is 0 Å². The van der Waals surface area contributed by atoms with Gasteiger partial charge >= 0.3 is 0 Å². The van der Waals surface area contributed by atoms with E-state index in [1.807, 2.05) is 25.5 Å². The van der Waals surface area contributed by atoms with Crippen molar-refractivity contribution in [2.24, 2.45) is 7.05 Å². The van der Waals surface area contributed by atoms with Gasteiger partial charge in [0.1, 0.15) is 12.2 Å². The highest BCUT2D eigenvalue weighted by Crippen LogP contribution is 2.07. The van der Waals surface area contributed by atoms with Gasteiger partial charge in [0.05, 0.1) is 18.2 Å². The molecule has 0 saturated heterocycles. The molecule has 0 amide bonds. The summed E-state index contributed by atoms with van der Waals surface area (Å²) in [6, 6.07) is 1.98. The van der Waals surface area contributed by atoms with Gasteiger partial charge in [0.2, 0.25) is 0 Å². The fourth-order valence-corrected chi connectivity index (χ4v) is 1.17. The molecule has 2 unspecified atom stereocenters. The van der Waals surface area contributed by atoms with E-state index in [0.717, 1.165) is 5.82 Å². The molecule has 0 aliphatic heterocycles. The maximum Gasteiger partial charge on any atom is 0.149 e. The summed E-state index contributed by atoms with van der Waals surface area (Å²) in [5.41, 5.74) is 0. The number of aryl methyl sites for hydroxylation is 1. The average Bonchev–Trinajstić information content (AvgIpc) is 2.51. The fraction of sp³-hybridized carbons (Fsp3) is 0.625. The average molecular weight is 179 g/mol. The monoisotopic (exact) mass is 179 g/mol. The van der Waals surface area contributed by atoms with E-state index < -0.39 is 0 Å². The maximum atomic E-state index is 8.60. The Labute approximate surface area is 77.4 Å². The summed E-state index contributed by atoms with van der Waals surface area (Å²) < 4.78 is 1.84. The van der Waals surface area contributed by atoms with E-state index in [-0.39, 0.29) is 12.1 Å². The van der Waals surface area contributed by atoms with E-state index in [4.69, 9.17) is 5.26 Å². The van der Waals surface area contributed by atoms with Crippen molar-refractivity contribution in [2.45, 2.75) is 25.9 Å². The number of nitrogens with zero attached hydrogens (tertiary/aromatic N) is 4. The third-order valence-corrected chi connectivity index (χ3v) is 1.83. The van der Waals surface area contributed by atoms with Gasteiger partial charge in [-0.2, -0.15) is 5.26 Å². The number of hydrogen-bond acceptors (Lipinski definition) is 4. The molecule has 2 atom stereocenters. The number of nitriles is 1. The molecular formula is C8H13N5. The first-order valence-electron chi connectivity index (χ1n) is 4.14. The number of hydrogen-bond donors (Lipinski definition) is 1. The molecule has 0 fully saturated rings. The van der Waals surface area contributed by atoms with Gasteiger partial charge in [-0.25, -0.2) is 0 Å². The highest BCUT2D eigenvalue weighted by Gasteiger charge is 2.12. The van der Waals surface area contributed by atoms with Crippen LogP contribution < -0.4 is 5.32 Å². The lowest BCUT2D eigenvalue weighted by molar-refractivity contribution is 0.505. The highest BCUT2D eigenvalue weighted by molar-refractivity contribution is 4.96. The van der Waals surface area contributed by atoms with Crippen LogP contribution in [0.4, 0.5) is 0 Å². The molecular weight excluding hydrogens is 166 g/mol. The van der Waals surface area contributed by atoms with Gasteiger partial charge in [0.15, 0.2) is 0 Å². The number of rotatable bonds is 3. The van der Waals surface area contributed by atoms with E-state index in [1.54, 1.807) is 6.33 Å². The zero-order chi connectivity index (χ0) is 9.84. The molecule has 0 aromatic carbocycles. The van der Waals surface area contributed by atoms with E-state index in [9.17, 15) is 0 Å². The summed E-state index contributed by atoms with van der Waals surface area (Å²) in [6.45, 7) is 3.77. The van der Waals surface area contributed by atoms with Crippen molar-refractivity contribution in [3.05, 3.63) is 12.2 Å². The molecule has 5 heteroatoms. The largest absolute Gasteiger partial charge is 0.319 e. The number of aromatic nitrogens is 3. The molecule has 1 aromatic heterocycles. The summed E-state index contributed by atoms with van der Waals surface area (Å²) in [5, 5.41) is 19.4. The molecule has 0 saturated carbocycles. The van der Waals surface area contributed by atoms with Crippen LogP contribution in [0.2, 0.25) is 0 Å².